The van der Waals surface area contributed by atoms with Crippen molar-refractivity contribution in [3.63, 3.8) is 0 Å². The van der Waals surface area contributed by atoms with Gasteiger partial charge in [0.05, 0.1) is 0 Å². The van der Waals surface area contributed by atoms with Crippen LogP contribution in [0.15, 0.2) is 36.4 Å². The van der Waals surface area contributed by atoms with Crippen LogP contribution in [0.2, 0.25) is 0 Å². The first kappa shape index (κ1) is 16.8. The molecule has 1 amide bonds. The highest BCUT2D eigenvalue weighted by Crippen LogP contribution is 2.33. The van der Waals surface area contributed by atoms with E-state index in [2.05, 4.69) is 14.9 Å². The van der Waals surface area contributed by atoms with Crippen LogP contribution in [0, 0.1) is 12.8 Å². The summed E-state index contributed by atoms with van der Waals surface area (Å²) < 4.78 is 5.86. The molecule has 1 aromatic carbocycles. The number of hydrogen-bond donors (Lipinski definition) is 0. The molecule has 26 heavy (non-hydrogen) atoms. The molecule has 1 saturated heterocycles. The van der Waals surface area contributed by atoms with E-state index >= 15 is 0 Å². The number of para-hydroxylation sites is 1. The molecular formula is C20H24N4O2. The van der Waals surface area contributed by atoms with Crippen molar-refractivity contribution in [1.82, 2.24) is 14.9 Å². The molecule has 2 heterocycles. The molecule has 0 unspecified atom stereocenters. The number of anilines is 1. The maximum Gasteiger partial charge on any atom is 0.224 e. The molecule has 0 radical (unpaired) electrons. The predicted octanol–water partition coefficient (Wildman–Crippen LogP) is 3.03. The van der Waals surface area contributed by atoms with Gasteiger partial charge >= 0.3 is 0 Å². The van der Waals surface area contributed by atoms with Gasteiger partial charge in [-0.25, -0.2) is 4.98 Å². The van der Waals surface area contributed by atoms with Gasteiger partial charge in [-0.15, -0.1) is 0 Å². The average molecular weight is 352 g/mol. The van der Waals surface area contributed by atoms with Crippen molar-refractivity contribution in [1.29, 1.82) is 0 Å². The molecule has 2 aromatic rings. The van der Waals surface area contributed by atoms with Crippen molar-refractivity contribution in [3.05, 3.63) is 42.2 Å². The van der Waals surface area contributed by atoms with Gasteiger partial charge in [0.25, 0.3) is 0 Å². The Labute approximate surface area is 153 Å². The molecule has 1 saturated carbocycles. The minimum absolute atomic E-state index is 0.305. The summed E-state index contributed by atoms with van der Waals surface area (Å²) in [7, 11) is 0. The van der Waals surface area contributed by atoms with Gasteiger partial charge in [-0.1, -0.05) is 18.2 Å². The van der Waals surface area contributed by atoms with Crippen LogP contribution in [0.3, 0.4) is 0 Å². The molecule has 1 aromatic heterocycles. The number of carbonyl (C=O) groups is 1. The number of nitrogens with zero attached hydrogens (tertiary/aromatic N) is 4. The lowest BCUT2D eigenvalue weighted by Gasteiger charge is -2.35. The maximum atomic E-state index is 12.3. The third kappa shape index (κ3) is 4.12. The summed E-state index contributed by atoms with van der Waals surface area (Å²) >= 11 is 0. The fourth-order valence-corrected chi connectivity index (χ4v) is 3.23. The number of ether oxygens (including phenoxy) is 1. The van der Waals surface area contributed by atoms with Gasteiger partial charge in [0, 0.05) is 38.7 Å². The van der Waals surface area contributed by atoms with Gasteiger partial charge in [-0.3, -0.25) is 4.79 Å². The smallest absolute Gasteiger partial charge is 0.224 e. The Morgan fingerprint density at radius 3 is 2.54 bits per heavy atom. The summed E-state index contributed by atoms with van der Waals surface area (Å²) in [5.74, 6) is 3.79. The summed E-state index contributed by atoms with van der Waals surface area (Å²) in [5.41, 5.74) is 0. The quantitative estimate of drug-likeness (QED) is 0.828. The zero-order chi connectivity index (χ0) is 17.9. The molecule has 4 rings (SSSR count). The lowest BCUT2D eigenvalue weighted by atomic mass is 10.2. The van der Waals surface area contributed by atoms with Crippen molar-refractivity contribution in [2.45, 2.75) is 26.2 Å². The molecule has 6 nitrogen and oxygen atoms in total. The SMILES string of the molecule is Cc1nc(Oc2ccccc2)cc(N2CCN(C(=O)CC3CC3)CC2)n1. The molecule has 0 N–H and O–H groups in total. The number of rotatable bonds is 5. The number of hydrogen-bond acceptors (Lipinski definition) is 5. The Morgan fingerprint density at radius 1 is 1.12 bits per heavy atom. The van der Waals surface area contributed by atoms with E-state index in [1.165, 1.54) is 12.8 Å². The number of carbonyl (C=O) groups excluding carboxylic acids is 1. The van der Waals surface area contributed by atoms with E-state index < -0.39 is 0 Å². The summed E-state index contributed by atoms with van der Waals surface area (Å²) in [4.78, 5) is 25.4. The van der Waals surface area contributed by atoms with Crippen LogP contribution in [0.4, 0.5) is 5.82 Å². The fraction of sp³-hybridized carbons (Fsp3) is 0.450. The van der Waals surface area contributed by atoms with Crippen LogP contribution in [-0.4, -0.2) is 47.0 Å². The summed E-state index contributed by atoms with van der Waals surface area (Å²) in [6.45, 7) is 4.96. The monoisotopic (exact) mass is 352 g/mol. The van der Waals surface area contributed by atoms with Crippen LogP contribution in [0.5, 0.6) is 11.6 Å². The van der Waals surface area contributed by atoms with E-state index in [0.717, 1.165) is 44.2 Å². The number of aryl methyl sites for hydroxylation is 1. The molecular weight excluding hydrogens is 328 g/mol. The van der Waals surface area contributed by atoms with Crippen LogP contribution >= 0.6 is 0 Å². The first-order chi connectivity index (χ1) is 12.7. The molecule has 2 aliphatic rings. The Balaban J connectivity index is 1.40. The van der Waals surface area contributed by atoms with E-state index in [1.54, 1.807) is 0 Å². The van der Waals surface area contributed by atoms with Gasteiger partial charge in [-0.05, 0) is 37.8 Å². The summed E-state index contributed by atoms with van der Waals surface area (Å²) in [6, 6.07) is 11.5. The van der Waals surface area contributed by atoms with Gasteiger partial charge in [-0.2, -0.15) is 4.98 Å². The highest BCUT2D eigenvalue weighted by molar-refractivity contribution is 5.77. The van der Waals surface area contributed by atoms with Crippen LogP contribution < -0.4 is 9.64 Å². The van der Waals surface area contributed by atoms with Crippen molar-refractivity contribution < 1.29 is 9.53 Å². The summed E-state index contributed by atoms with van der Waals surface area (Å²) in [6.07, 6.45) is 3.16. The van der Waals surface area contributed by atoms with E-state index in [4.69, 9.17) is 4.74 Å². The molecule has 6 heteroatoms. The molecule has 0 bridgehead atoms. The first-order valence-electron chi connectivity index (χ1n) is 9.29. The standard InChI is InChI=1S/C20H24N4O2/c1-15-21-18(14-19(22-15)26-17-5-3-2-4-6-17)23-9-11-24(12-10-23)20(25)13-16-7-8-16/h2-6,14,16H,7-13H2,1H3. The lowest BCUT2D eigenvalue weighted by Crippen LogP contribution is -2.49. The first-order valence-corrected chi connectivity index (χ1v) is 9.29. The maximum absolute atomic E-state index is 12.3. The van der Waals surface area contributed by atoms with Gasteiger partial charge < -0.3 is 14.5 Å². The van der Waals surface area contributed by atoms with Crippen molar-refractivity contribution in [2.75, 3.05) is 31.1 Å². The second kappa shape index (κ2) is 7.32. The minimum Gasteiger partial charge on any atom is -0.439 e. The molecule has 0 spiro atoms. The van der Waals surface area contributed by atoms with E-state index in [1.807, 2.05) is 48.2 Å². The summed E-state index contributed by atoms with van der Waals surface area (Å²) in [5, 5.41) is 0. The largest absolute Gasteiger partial charge is 0.439 e. The average Bonchev–Trinajstić information content (AvgIpc) is 3.46. The Morgan fingerprint density at radius 2 is 1.85 bits per heavy atom. The van der Waals surface area contributed by atoms with Crippen LogP contribution in [0.25, 0.3) is 0 Å². The molecule has 1 aliphatic carbocycles. The lowest BCUT2D eigenvalue weighted by molar-refractivity contribution is -0.131. The van der Waals surface area contributed by atoms with Gasteiger partial charge in [0.15, 0.2) is 0 Å². The highest BCUT2D eigenvalue weighted by atomic mass is 16.5. The number of piperazine rings is 1. The van der Waals surface area contributed by atoms with E-state index in [-0.39, 0.29) is 0 Å². The van der Waals surface area contributed by atoms with Crippen LogP contribution in [0.1, 0.15) is 25.1 Å². The second-order valence-electron chi connectivity index (χ2n) is 7.04. The third-order valence-corrected chi connectivity index (χ3v) is 4.88. The topological polar surface area (TPSA) is 58.6 Å². The van der Waals surface area contributed by atoms with E-state index in [9.17, 15) is 4.79 Å². The molecule has 0 atom stereocenters. The van der Waals surface area contributed by atoms with Crippen molar-refractivity contribution >= 4 is 11.7 Å². The van der Waals surface area contributed by atoms with Crippen molar-refractivity contribution in [3.8, 4) is 11.6 Å². The van der Waals surface area contributed by atoms with Gasteiger partial charge in [0.1, 0.15) is 17.4 Å². The number of benzene rings is 1. The number of amides is 1. The fourth-order valence-electron chi connectivity index (χ4n) is 3.23. The van der Waals surface area contributed by atoms with E-state index in [0.29, 0.717) is 23.5 Å². The minimum atomic E-state index is 0.305. The Kier molecular flexibility index (Phi) is 4.73. The molecule has 1 aliphatic heterocycles. The molecule has 2 fully saturated rings. The highest BCUT2D eigenvalue weighted by Gasteiger charge is 2.29. The zero-order valence-corrected chi connectivity index (χ0v) is 15.1. The third-order valence-electron chi connectivity index (χ3n) is 4.88. The second-order valence-corrected chi connectivity index (χ2v) is 7.04. The van der Waals surface area contributed by atoms with Crippen LogP contribution in [-0.2, 0) is 4.79 Å². The normalized spacial score (nSPS) is 17.3. The Bertz CT molecular complexity index is 769. The predicted molar refractivity (Wildman–Crippen MR) is 99.4 cm³/mol. The molecule has 136 valence electrons. The zero-order valence-electron chi connectivity index (χ0n) is 15.1. The van der Waals surface area contributed by atoms with Gasteiger partial charge in [0.2, 0.25) is 11.8 Å². The van der Waals surface area contributed by atoms with Crippen molar-refractivity contribution in [2.24, 2.45) is 5.92 Å². The number of aromatic nitrogens is 2. The Hall–Kier alpha value is -2.63.